The number of likely N-dealkylation sites (N-methyl/N-ethyl adjacent to an activating group) is 1. The number of nitrogens with zero attached hydrogens (tertiary/aromatic N) is 3. The van der Waals surface area contributed by atoms with Crippen LogP contribution in [0.25, 0.3) is 11.6 Å². The van der Waals surface area contributed by atoms with Gasteiger partial charge in [0, 0.05) is 60.3 Å². The van der Waals surface area contributed by atoms with Crippen LogP contribution in [0.1, 0.15) is 61.9 Å². The summed E-state index contributed by atoms with van der Waals surface area (Å²) >= 11 is 0. The number of rotatable bonds is 8. The summed E-state index contributed by atoms with van der Waals surface area (Å²) in [6.45, 7) is 13.6. The molecule has 2 aromatic heterocycles. The average Bonchev–Trinajstić information content (AvgIpc) is 3.50. The van der Waals surface area contributed by atoms with Crippen LogP contribution in [-0.2, 0) is 24.6 Å². The molecule has 0 spiro atoms. The Bertz CT molecular complexity index is 1780. The smallest absolute Gasteiger partial charge is 0.256 e. The lowest BCUT2D eigenvalue weighted by atomic mass is 9.93. The van der Waals surface area contributed by atoms with E-state index in [9.17, 15) is 19.2 Å². The number of benzene rings is 1. The highest BCUT2D eigenvalue weighted by Gasteiger charge is 2.56. The van der Waals surface area contributed by atoms with Crippen LogP contribution >= 0.6 is 0 Å². The number of amides is 4. The molecular weight excluding hydrogens is 600 g/mol. The lowest BCUT2D eigenvalue weighted by Gasteiger charge is -2.31. The number of H-pyrrole nitrogens is 1. The summed E-state index contributed by atoms with van der Waals surface area (Å²) in [6, 6.07) is 6.83. The summed E-state index contributed by atoms with van der Waals surface area (Å²) < 4.78 is 5.35. The number of carbonyl (C=O) groups is 4. The van der Waals surface area contributed by atoms with Gasteiger partial charge in [-0.05, 0) is 57.5 Å². The first-order chi connectivity index (χ1) is 22.2. The highest BCUT2D eigenvalue weighted by molar-refractivity contribution is 6.35. The van der Waals surface area contributed by atoms with Gasteiger partial charge in [0.25, 0.3) is 5.91 Å². The molecule has 13 heteroatoms. The van der Waals surface area contributed by atoms with E-state index in [0.717, 1.165) is 43.1 Å². The Morgan fingerprint density at radius 2 is 1.72 bits per heavy atom. The Morgan fingerprint density at radius 3 is 2.38 bits per heavy atom. The van der Waals surface area contributed by atoms with Crippen LogP contribution in [0.2, 0.25) is 0 Å². The molecule has 1 saturated heterocycles. The van der Waals surface area contributed by atoms with Gasteiger partial charge < -0.3 is 35.7 Å². The fourth-order valence-electron chi connectivity index (χ4n) is 5.91. The van der Waals surface area contributed by atoms with Gasteiger partial charge >= 0.3 is 0 Å². The molecule has 1 saturated carbocycles. The molecule has 13 nitrogen and oxygen atoms in total. The fourth-order valence-corrected chi connectivity index (χ4v) is 5.91. The van der Waals surface area contributed by atoms with E-state index in [-0.39, 0.29) is 23.0 Å². The molecule has 1 aliphatic carbocycles. The molecule has 3 aromatic rings. The average molecular weight is 643 g/mol. The predicted octanol–water partition coefficient (Wildman–Crippen LogP) is 3.95. The number of aromatic nitrogens is 2. The largest absolute Gasteiger partial charge is 0.359 e. The summed E-state index contributed by atoms with van der Waals surface area (Å²) in [5.41, 5.74) is 3.74. The zero-order valence-electron chi connectivity index (χ0n) is 27.7. The van der Waals surface area contributed by atoms with E-state index in [0.29, 0.717) is 53.3 Å². The van der Waals surface area contributed by atoms with Crippen LogP contribution in [0, 0.1) is 19.3 Å². The third-order valence-corrected chi connectivity index (χ3v) is 9.16. The van der Waals surface area contributed by atoms with Crippen molar-refractivity contribution < 1.29 is 23.7 Å². The fraction of sp³-hybridized carbons (Fsp3) is 0.441. The second-order valence-electron chi connectivity index (χ2n) is 13.9. The number of aryl methyl sites for hydroxylation is 1. The SMILES string of the molecule is Cc1[nH]c(/C=C2\C(=O)Nc3cc(NC(=O)C4(C(=O)Nc5cc(C(C)(C)C)on5)CC4)ccc32)c(C)c1NC(=O)CN1CCN(C)CC1. The molecule has 2 aliphatic heterocycles. The minimum absolute atomic E-state index is 0.0734. The molecule has 2 fully saturated rings. The van der Waals surface area contributed by atoms with E-state index in [2.05, 4.69) is 48.3 Å². The predicted molar refractivity (Wildman–Crippen MR) is 180 cm³/mol. The molecule has 5 N–H and O–H groups in total. The molecule has 0 bridgehead atoms. The number of hydrogen-bond donors (Lipinski definition) is 5. The first-order valence-corrected chi connectivity index (χ1v) is 15.9. The van der Waals surface area contributed by atoms with Gasteiger partial charge in [0.05, 0.1) is 23.5 Å². The molecule has 6 rings (SSSR count). The van der Waals surface area contributed by atoms with Crippen LogP contribution in [0.4, 0.5) is 22.9 Å². The molecule has 0 radical (unpaired) electrons. The number of fused-ring (bicyclic) bond motifs is 1. The highest BCUT2D eigenvalue weighted by Crippen LogP contribution is 2.48. The molecule has 3 aliphatic rings. The topological polar surface area (TPSA) is 165 Å². The molecule has 4 heterocycles. The Hall–Kier alpha value is -4.75. The Labute approximate surface area is 273 Å². The Morgan fingerprint density at radius 1 is 1.02 bits per heavy atom. The second-order valence-corrected chi connectivity index (χ2v) is 13.9. The monoisotopic (exact) mass is 642 g/mol. The van der Waals surface area contributed by atoms with Gasteiger partial charge in [-0.1, -0.05) is 32.0 Å². The normalized spacial score (nSPS) is 18.5. The second kappa shape index (κ2) is 12.1. The van der Waals surface area contributed by atoms with Crippen molar-refractivity contribution in [3.05, 3.63) is 52.5 Å². The van der Waals surface area contributed by atoms with E-state index < -0.39 is 17.2 Å². The standard InChI is InChI=1S/C34H42N8O5/c1-19-24(35-20(2)29(19)39-28(43)18-42-13-11-41(6)12-14-42)16-23-22-8-7-21(15-25(22)37-30(23)44)36-31(45)34(9-10-34)32(46)38-27-17-26(47-40-27)33(3,4)5/h7-8,15-17,35H,9-14,18H2,1-6H3,(H,36,45)(H,37,44)(H,39,43)(H,38,40,46)/b23-16-. The van der Waals surface area contributed by atoms with E-state index >= 15 is 0 Å². The summed E-state index contributed by atoms with van der Waals surface area (Å²) in [7, 11) is 2.08. The van der Waals surface area contributed by atoms with Gasteiger partial charge in [0.1, 0.15) is 11.2 Å². The summed E-state index contributed by atoms with van der Waals surface area (Å²) in [4.78, 5) is 60.0. The Kier molecular flexibility index (Phi) is 8.30. The molecule has 4 amide bonds. The lowest BCUT2D eigenvalue weighted by Crippen LogP contribution is -2.47. The van der Waals surface area contributed by atoms with Gasteiger partial charge in [-0.2, -0.15) is 0 Å². The number of piperazine rings is 1. The van der Waals surface area contributed by atoms with Crippen LogP contribution < -0.4 is 21.3 Å². The van der Waals surface area contributed by atoms with Crippen molar-refractivity contribution in [2.24, 2.45) is 5.41 Å². The minimum atomic E-state index is -1.20. The van der Waals surface area contributed by atoms with Gasteiger partial charge in [-0.25, -0.2) is 0 Å². The number of anilines is 4. The molecule has 47 heavy (non-hydrogen) atoms. The molecular formula is C34H42N8O5. The van der Waals surface area contributed by atoms with Crippen molar-refractivity contribution in [2.45, 2.75) is 52.9 Å². The molecule has 0 unspecified atom stereocenters. The van der Waals surface area contributed by atoms with Gasteiger partial charge in [-0.3, -0.25) is 24.1 Å². The zero-order chi connectivity index (χ0) is 33.7. The van der Waals surface area contributed by atoms with Crippen molar-refractivity contribution >= 4 is 58.2 Å². The molecule has 0 atom stereocenters. The number of hydrogen-bond acceptors (Lipinski definition) is 8. The summed E-state index contributed by atoms with van der Waals surface area (Å²) in [6.07, 6.45) is 2.60. The van der Waals surface area contributed by atoms with E-state index in [4.69, 9.17) is 4.52 Å². The quantitative estimate of drug-likeness (QED) is 0.182. The van der Waals surface area contributed by atoms with Crippen LogP contribution in [-0.4, -0.2) is 83.3 Å². The van der Waals surface area contributed by atoms with Crippen LogP contribution in [0.15, 0.2) is 28.8 Å². The van der Waals surface area contributed by atoms with Gasteiger partial charge in [-0.15, -0.1) is 0 Å². The number of carbonyl (C=O) groups excluding carboxylic acids is 4. The van der Waals surface area contributed by atoms with Gasteiger partial charge in [0.15, 0.2) is 5.82 Å². The molecule has 248 valence electrons. The number of nitrogens with one attached hydrogen (secondary N) is 5. The first-order valence-electron chi connectivity index (χ1n) is 15.9. The van der Waals surface area contributed by atoms with E-state index in [1.54, 1.807) is 30.3 Å². The van der Waals surface area contributed by atoms with Crippen molar-refractivity contribution in [1.29, 1.82) is 0 Å². The highest BCUT2D eigenvalue weighted by atomic mass is 16.5. The van der Waals surface area contributed by atoms with Crippen molar-refractivity contribution in [1.82, 2.24) is 19.9 Å². The van der Waals surface area contributed by atoms with Crippen LogP contribution in [0.5, 0.6) is 0 Å². The van der Waals surface area contributed by atoms with Gasteiger partial charge in [0.2, 0.25) is 17.7 Å². The van der Waals surface area contributed by atoms with Crippen molar-refractivity contribution in [3.8, 4) is 0 Å². The third-order valence-electron chi connectivity index (χ3n) is 9.16. The van der Waals surface area contributed by atoms with Crippen molar-refractivity contribution in [2.75, 3.05) is 61.0 Å². The summed E-state index contributed by atoms with van der Waals surface area (Å²) in [5, 5.41) is 15.4. The summed E-state index contributed by atoms with van der Waals surface area (Å²) in [5.74, 6) is -0.316. The number of aromatic amines is 1. The maximum Gasteiger partial charge on any atom is 0.256 e. The first kappa shape index (κ1) is 32.2. The maximum absolute atomic E-state index is 13.3. The lowest BCUT2D eigenvalue weighted by molar-refractivity contribution is -0.131. The minimum Gasteiger partial charge on any atom is -0.359 e. The van der Waals surface area contributed by atoms with Crippen molar-refractivity contribution in [3.63, 3.8) is 0 Å². The molecule has 1 aromatic carbocycles. The zero-order valence-corrected chi connectivity index (χ0v) is 27.7. The maximum atomic E-state index is 13.3. The van der Waals surface area contributed by atoms with Crippen LogP contribution in [0.3, 0.4) is 0 Å². The Balaban J connectivity index is 1.12. The third kappa shape index (κ3) is 6.58. The van der Waals surface area contributed by atoms with E-state index in [1.807, 2.05) is 34.6 Å². The van der Waals surface area contributed by atoms with E-state index in [1.165, 1.54) is 0 Å².